The number of halogens is 6. The van der Waals surface area contributed by atoms with Crippen LogP contribution in [0.4, 0.5) is 26.3 Å². The molecule has 0 radical (unpaired) electrons. The van der Waals surface area contributed by atoms with Crippen LogP contribution in [0.1, 0.15) is 49.8 Å². The van der Waals surface area contributed by atoms with Crippen molar-refractivity contribution in [2.24, 2.45) is 5.92 Å². The van der Waals surface area contributed by atoms with Crippen molar-refractivity contribution in [1.82, 2.24) is 0 Å². The van der Waals surface area contributed by atoms with Crippen LogP contribution in [0, 0.1) is 5.92 Å². The van der Waals surface area contributed by atoms with E-state index in [0.717, 1.165) is 12.3 Å². The van der Waals surface area contributed by atoms with Gasteiger partial charge in [0.2, 0.25) is 0 Å². The van der Waals surface area contributed by atoms with Crippen molar-refractivity contribution in [1.29, 1.82) is 0 Å². The molecule has 1 aliphatic rings. The average Bonchev–Trinajstić information content (AvgIpc) is 2.64. The van der Waals surface area contributed by atoms with Crippen LogP contribution >= 0.6 is 0 Å². The number of hydrogen-bond donors (Lipinski definition) is 0. The van der Waals surface area contributed by atoms with E-state index >= 15 is 0 Å². The molecule has 0 bridgehead atoms. The summed E-state index contributed by atoms with van der Waals surface area (Å²) in [6, 6.07) is 6.67. The van der Waals surface area contributed by atoms with Crippen molar-refractivity contribution < 1.29 is 43.7 Å². The highest BCUT2D eigenvalue weighted by Gasteiger charge is 2.42. The van der Waals surface area contributed by atoms with Crippen LogP contribution in [0.15, 0.2) is 30.3 Å². The van der Waals surface area contributed by atoms with Gasteiger partial charge in [-0.25, -0.2) is 0 Å². The summed E-state index contributed by atoms with van der Waals surface area (Å²) in [5.41, 5.74) is -0.836. The molecular formula is C21H22F6O4S. The van der Waals surface area contributed by atoms with Crippen LogP contribution < -0.4 is 4.74 Å². The molecule has 0 saturated heterocycles. The summed E-state index contributed by atoms with van der Waals surface area (Å²) in [6.07, 6.45) is -10.5. The first-order valence-electron chi connectivity index (χ1n) is 9.90. The van der Waals surface area contributed by atoms with E-state index < -0.39 is 51.9 Å². The Balaban J connectivity index is 1.95. The maximum atomic E-state index is 14.0. The molecule has 11 heteroatoms. The fourth-order valence-corrected chi connectivity index (χ4v) is 4.60. The summed E-state index contributed by atoms with van der Waals surface area (Å²) in [4.78, 5) is 0. The van der Waals surface area contributed by atoms with Crippen LogP contribution in [0.25, 0.3) is 10.8 Å². The maximum Gasteiger partial charge on any atom is 0.420 e. The SMILES string of the molecule is CC(OS(C)(=O)=O)c1ccc2ccc(OC3CCC(C(F)(F)F)CC3)c(C(F)(F)F)c2c1. The lowest BCUT2D eigenvalue weighted by Crippen LogP contribution is -2.32. The minimum Gasteiger partial charge on any atom is -0.490 e. The van der Waals surface area contributed by atoms with Gasteiger partial charge in [-0.3, -0.25) is 4.18 Å². The number of rotatable bonds is 5. The van der Waals surface area contributed by atoms with Gasteiger partial charge in [-0.15, -0.1) is 0 Å². The van der Waals surface area contributed by atoms with Gasteiger partial charge in [-0.2, -0.15) is 34.8 Å². The van der Waals surface area contributed by atoms with E-state index in [1.165, 1.54) is 31.2 Å². The third-order valence-corrected chi connectivity index (χ3v) is 6.15. The Morgan fingerprint density at radius 1 is 0.969 bits per heavy atom. The Morgan fingerprint density at radius 2 is 1.56 bits per heavy atom. The Bertz CT molecular complexity index is 1070. The second kappa shape index (κ2) is 8.74. The van der Waals surface area contributed by atoms with Crippen molar-refractivity contribution in [3.05, 3.63) is 41.5 Å². The van der Waals surface area contributed by atoms with Gasteiger partial charge >= 0.3 is 12.4 Å². The highest BCUT2D eigenvalue weighted by atomic mass is 32.2. The van der Waals surface area contributed by atoms with Gasteiger partial charge in [0.25, 0.3) is 10.1 Å². The van der Waals surface area contributed by atoms with Gasteiger partial charge in [0.05, 0.1) is 24.4 Å². The van der Waals surface area contributed by atoms with Gasteiger partial charge in [0.1, 0.15) is 11.3 Å². The van der Waals surface area contributed by atoms with E-state index in [2.05, 4.69) is 0 Å². The quantitative estimate of drug-likeness (QED) is 0.364. The van der Waals surface area contributed by atoms with Crippen molar-refractivity contribution in [3.8, 4) is 5.75 Å². The molecule has 0 aromatic heterocycles. The number of alkyl halides is 6. The molecule has 0 heterocycles. The predicted molar refractivity (Wildman–Crippen MR) is 106 cm³/mol. The first-order chi connectivity index (χ1) is 14.6. The Kier molecular flexibility index (Phi) is 6.72. The fourth-order valence-electron chi connectivity index (χ4n) is 3.97. The van der Waals surface area contributed by atoms with Crippen LogP contribution in [0.5, 0.6) is 5.75 Å². The molecule has 1 aliphatic carbocycles. The van der Waals surface area contributed by atoms with E-state index in [0.29, 0.717) is 0 Å². The third kappa shape index (κ3) is 5.86. The second-order valence-corrected chi connectivity index (χ2v) is 9.59. The number of fused-ring (bicyclic) bond motifs is 1. The first-order valence-corrected chi connectivity index (χ1v) is 11.7. The molecule has 32 heavy (non-hydrogen) atoms. The maximum absolute atomic E-state index is 14.0. The van der Waals surface area contributed by atoms with Crippen molar-refractivity contribution in [2.75, 3.05) is 6.26 Å². The second-order valence-electron chi connectivity index (χ2n) is 7.99. The van der Waals surface area contributed by atoms with Crippen LogP contribution in [0.2, 0.25) is 0 Å². The van der Waals surface area contributed by atoms with Crippen LogP contribution in [-0.2, 0) is 20.5 Å². The summed E-state index contributed by atoms with van der Waals surface area (Å²) in [7, 11) is -3.83. The lowest BCUT2D eigenvalue weighted by molar-refractivity contribution is -0.185. The van der Waals surface area contributed by atoms with E-state index in [9.17, 15) is 34.8 Å². The van der Waals surface area contributed by atoms with E-state index in [-0.39, 0.29) is 42.0 Å². The first kappa shape index (κ1) is 24.6. The molecule has 1 unspecified atom stereocenters. The smallest absolute Gasteiger partial charge is 0.420 e. The molecule has 3 rings (SSSR count). The summed E-state index contributed by atoms with van der Waals surface area (Å²) >= 11 is 0. The fraction of sp³-hybridized carbons (Fsp3) is 0.524. The van der Waals surface area contributed by atoms with Gasteiger partial charge in [-0.05, 0) is 61.1 Å². The molecule has 4 nitrogen and oxygen atoms in total. The molecule has 2 aromatic rings. The van der Waals surface area contributed by atoms with E-state index in [1.807, 2.05) is 0 Å². The monoisotopic (exact) mass is 484 g/mol. The lowest BCUT2D eigenvalue weighted by atomic mass is 9.87. The number of hydrogen-bond acceptors (Lipinski definition) is 4. The Morgan fingerprint density at radius 3 is 2.09 bits per heavy atom. The minimum absolute atomic E-state index is 0.00121. The zero-order valence-electron chi connectivity index (χ0n) is 17.3. The van der Waals surface area contributed by atoms with Gasteiger partial charge < -0.3 is 4.74 Å². The zero-order chi connectivity index (χ0) is 23.9. The topological polar surface area (TPSA) is 52.6 Å². The molecule has 178 valence electrons. The standard InChI is InChI=1S/C21H22F6O4S/c1-12(31-32(2,28)29)14-4-3-13-5-10-18(19(17(13)11-14)21(25,26)27)30-16-8-6-15(7-9-16)20(22,23)24/h3-5,10-12,15-16H,6-9H2,1-2H3. The molecule has 0 N–H and O–H groups in total. The Hall–Kier alpha value is -2.01. The molecule has 2 aromatic carbocycles. The molecule has 0 amide bonds. The molecule has 1 fully saturated rings. The van der Waals surface area contributed by atoms with Gasteiger partial charge in [0.15, 0.2) is 0 Å². The lowest BCUT2D eigenvalue weighted by Gasteiger charge is -2.31. The van der Waals surface area contributed by atoms with Gasteiger partial charge in [0, 0.05) is 0 Å². The summed E-state index contributed by atoms with van der Waals surface area (Å²) in [6.45, 7) is 1.40. The average molecular weight is 484 g/mol. The van der Waals surface area contributed by atoms with Crippen molar-refractivity contribution in [2.45, 2.75) is 57.2 Å². The largest absolute Gasteiger partial charge is 0.490 e. The highest BCUT2D eigenvalue weighted by Crippen LogP contribution is 2.44. The zero-order valence-corrected chi connectivity index (χ0v) is 18.1. The molecule has 1 saturated carbocycles. The van der Waals surface area contributed by atoms with Crippen molar-refractivity contribution in [3.63, 3.8) is 0 Å². The molecule has 0 aliphatic heterocycles. The normalized spacial score (nSPS) is 21.5. The highest BCUT2D eigenvalue weighted by molar-refractivity contribution is 7.86. The predicted octanol–water partition coefficient (Wildman–Crippen LogP) is 6.40. The van der Waals surface area contributed by atoms with Gasteiger partial charge in [-0.1, -0.05) is 18.2 Å². The van der Waals surface area contributed by atoms with Crippen LogP contribution in [-0.4, -0.2) is 27.0 Å². The van der Waals surface area contributed by atoms with E-state index in [4.69, 9.17) is 8.92 Å². The summed E-state index contributed by atoms with van der Waals surface area (Å²) < 4.78 is 114. The van der Waals surface area contributed by atoms with Crippen LogP contribution in [0.3, 0.4) is 0 Å². The van der Waals surface area contributed by atoms with E-state index in [1.54, 1.807) is 0 Å². The molecule has 1 atom stereocenters. The van der Waals surface area contributed by atoms with Crippen molar-refractivity contribution >= 4 is 20.9 Å². The molecule has 0 spiro atoms. The summed E-state index contributed by atoms with van der Waals surface area (Å²) in [5.74, 6) is -1.94. The molecular weight excluding hydrogens is 462 g/mol. The minimum atomic E-state index is -4.81. The summed E-state index contributed by atoms with van der Waals surface area (Å²) in [5, 5.41) is 0.0428. The third-order valence-electron chi connectivity index (χ3n) is 5.51. The number of benzene rings is 2. The number of ether oxygens (including phenoxy) is 1. The Labute approximate surface area is 181 Å².